The van der Waals surface area contributed by atoms with Crippen LogP contribution in [0.15, 0.2) is 48.5 Å². The summed E-state index contributed by atoms with van der Waals surface area (Å²) < 4.78 is 36.5. The van der Waals surface area contributed by atoms with Gasteiger partial charge >= 0.3 is 0 Å². The third-order valence-electron chi connectivity index (χ3n) is 4.14. The van der Waals surface area contributed by atoms with Crippen LogP contribution in [0, 0.1) is 0 Å². The van der Waals surface area contributed by atoms with Gasteiger partial charge in [-0.25, -0.2) is 8.42 Å². The number of halogens is 1. The van der Waals surface area contributed by atoms with Crippen LogP contribution in [0.2, 0.25) is 5.02 Å². The second kappa shape index (κ2) is 10.4. The molecule has 2 aromatic carbocycles. The van der Waals surface area contributed by atoms with E-state index in [4.69, 9.17) is 21.1 Å². The summed E-state index contributed by atoms with van der Waals surface area (Å²) in [6.07, 6.45) is 1.38. The maximum atomic E-state index is 12.7. The molecule has 0 spiro atoms. The first-order valence-corrected chi connectivity index (χ1v) is 11.3. The minimum atomic E-state index is -3.68. The summed E-state index contributed by atoms with van der Waals surface area (Å²) in [7, 11) is -2.10. The lowest BCUT2D eigenvalue weighted by molar-refractivity contribution is -0.122. The number of carbonyl (C=O) groups excluding carboxylic acids is 1. The number of nitrogens with zero attached hydrogens (tertiary/aromatic N) is 1. The third-order valence-corrected chi connectivity index (χ3v) is 5.57. The van der Waals surface area contributed by atoms with Gasteiger partial charge in [0.25, 0.3) is 0 Å². The number of carbonyl (C=O) groups is 1. The molecule has 1 amide bonds. The van der Waals surface area contributed by atoms with Crippen LogP contribution in [0.1, 0.15) is 13.3 Å². The van der Waals surface area contributed by atoms with Gasteiger partial charge < -0.3 is 14.8 Å². The molecule has 0 bridgehead atoms. The van der Waals surface area contributed by atoms with Crippen molar-refractivity contribution in [1.82, 2.24) is 5.32 Å². The molecule has 158 valence electrons. The van der Waals surface area contributed by atoms with E-state index in [2.05, 4.69) is 5.32 Å². The van der Waals surface area contributed by atoms with Crippen molar-refractivity contribution in [2.45, 2.75) is 19.4 Å². The summed E-state index contributed by atoms with van der Waals surface area (Å²) in [5.74, 6) is 0.969. The Balaban J connectivity index is 2.00. The van der Waals surface area contributed by atoms with Gasteiger partial charge in [-0.15, -0.1) is 0 Å². The van der Waals surface area contributed by atoms with Crippen molar-refractivity contribution in [2.75, 3.05) is 30.8 Å². The summed E-state index contributed by atoms with van der Waals surface area (Å²) in [5, 5.41) is 3.22. The Labute approximate surface area is 176 Å². The average Bonchev–Trinajstić information content (AvgIpc) is 2.69. The Bertz CT molecular complexity index is 901. The molecule has 29 heavy (non-hydrogen) atoms. The van der Waals surface area contributed by atoms with Crippen molar-refractivity contribution in [3.8, 4) is 11.5 Å². The number of benzene rings is 2. The van der Waals surface area contributed by atoms with Gasteiger partial charge in [0.05, 0.1) is 25.6 Å². The molecule has 2 rings (SSSR count). The van der Waals surface area contributed by atoms with Gasteiger partial charge in [-0.1, -0.05) is 18.5 Å². The molecule has 0 aliphatic heterocycles. The van der Waals surface area contributed by atoms with Crippen LogP contribution >= 0.6 is 11.6 Å². The summed E-state index contributed by atoms with van der Waals surface area (Å²) >= 11 is 5.89. The predicted octanol–water partition coefficient (Wildman–Crippen LogP) is 3.09. The molecule has 0 saturated carbocycles. The lowest BCUT2D eigenvalue weighted by Gasteiger charge is -2.30. The highest BCUT2D eigenvalue weighted by molar-refractivity contribution is 7.92. The zero-order chi connectivity index (χ0) is 21.4. The van der Waals surface area contributed by atoms with Crippen LogP contribution in [0.4, 0.5) is 5.69 Å². The highest BCUT2D eigenvalue weighted by Gasteiger charge is 2.31. The van der Waals surface area contributed by atoms with Crippen molar-refractivity contribution in [1.29, 1.82) is 0 Å². The monoisotopic (exact) mass is 440 g/mol. The molecular formula is C20H25ClN2O5S. The van der Waals surface area contributed by atoms with Crippen LogP contribution in [0.3, 0.4) is 0 Å². The van der Waals surface area contributed by atoms with Crippen LogP contribution in [-0.4, -0.2) is 46.9 Å². The maximum Gasteiger partial charge on any atom is 0.244 e. The first kappa shape index (κ1) is 22.8. The van der Waals surface area contributed by atoms with Crippen molar-refractivity contribution in [2.24, 2.45) is 0 Å². The second-order valence-corrected chi connectivity index (χ2v) is 8.57. The number of methoxy groups -OCH3 is 1. The Kier molecular flexibility index (Phi) is 8.16. The molecular weight excluding hydrogens is 416 g/mol. The number of amides is 1. The number of nitrogens with one attached hydrogen (secondary N) is 1. The van der Waals surface area contributed by atoms with E-state index in [9.17, 15) is 13.2 Å². The summed E-state index contributed by atoms with van der Waals surface area (Å²) in [5.41, 5.74) is 0.383. The van der Waals surface area contributed by atoms with Crippen LogP contribution in [-0.2, 0) is 14.8 Å². The van der Waals surface area contributed by atoms with Crippen molar-refractivity contribution < 1.29 is 22.7 Å². The molecule has 2 aromatic rings. The largest absolute Gasteiger partial charge is 0.497 e. The average molecular weight is 441 g/mol. The van der Waals surface area contributed by atoms with Crippen molar-refractivity contribution in [3.05, 3.63) is 53.6 Å². The summed E-state index contributed by atoms with van der Waals surface area (Å²) in [4.78, 5) is 12.7. The van der Waals surface area contributed by atoms with E-state index < -0.39 is 22.0 Å². The topological polar surface area (TPSA) is 84.9 Å². The van der Waals surface area contributed by atoms with Gasteiger partial charge in [0.15, 0.2) is 0 Å². The summed E-state index contributed by atoms with van der Waals surface area (Å²) in [6.45, 7) is 2.24. The van der Waals surface area contributed by atoms with E-state index in [0.29, 0.717) is 22.9 Å². The van der Waals surface area contributed by atoms with E-state index in [0.717, 1.165) is 16.3 Å². The normalized spacial score (nSPS) is 12.1. The van der Waals surface area contributed by atoms with Crippen LogP contribution < -0.4 is 19.1 Å². The zero-order valence-corrected chi connectivity index (χ0v) is 18.2. The Morgan fingerprint density at radius 1 is 1.10 bits per heavy atom. The van der Waals surface area contributed by atoms with Gasteiger partial charge in [0, 0.05) is 5.02 Å². The van der Waals surface area contributed by atoms with Crippen LogP contribution in [0.5, 0.6) is 11.5 Å². The molecule has 0 fully saturated rings. The highest BCUT2D eigenvalue weighted by Crippen LogP contribution is 2.24. The predicted molar refractivity (Wildman–Crippen MR) is 114 cm³/mol. The molecule has 0 heterocycles. The number of hydrogen-bond acceptors (Lipinski definition) is 5. The number of rotatable bonds is 10. The number of hydrogen-bond donors (Lipinski definition) is 1. The lowest BCUT2D eigenvalue weighted by atomic mass is 10.2. The highest BCUT2D eigenvalue weighted by atomic mass is 35.5. The molecule has 0 radical (unpaired) electrons. The summed E-state index contributed by atoms with van der Waals surface area (Å²) in [6, 6.07) is 12.5. The molecule has 0 saturated heterocycles. The van der Waals surface area contributed by atoms with Gasteiger partial charge in [-0.3, -0.25) is 9.10 Å². The molecule has 7 nitrogen and oxygen atoms in total. The number of anilines is 1. The SMILES string of the molecule is CC[C@@H](C(=O)NCCOc1ccc(OC)cc1)N(c1ccc(Cl)cc1)S(C)(=O)=O. The minimum absolute atomic E-state index is 0.236. The fraction of sp³-hybridized carbons (Fsp3) is 0.350. The first-order valence-electron chi connectivity index (χ1n) is 9.05. The Hall–Kier alpha value is -2.45. The number of sulfonamides is 1. The fourth-order valence-corrected chi connectivity index (χ4v) is 4.12. The Morgan fingerprint density at radius 2 is 1.69 bits per heavy atom. The van der Waals surface area contributed by atoms with Crippen molar-refractivity contribution >= 4 is 33.2 Å². The van der Waals surface area contributed by atoms with Gasteiger partial charge in [0.1, 0.15) is 24.1 Å². The van der Waals surface area contributed by atoms with Gasteiger partial charge in [-0.2, -0.15) is 0 Å². The standard InChI is InChI=1S/C20H25ClN2O5S/c1-4-19(23(29(3,25)26)16-7-5-15(21)6-8-16)20(24)22-13-14-28-18-11-9-17(27-2)10-12-18/h5-12,19H,4,13-14H2,1-3H3,(H,22,24)/t19-/m0/s1. The van der Waals surface area contributed by atoms with Crippen molar-refractivity contribution in [3.63, 3.8) is 0 Å². The first-order chi connectivity index (χ1) is 13.8. The molecule has 1 N–H and O–H groups in total. The zero-order valence-electron chi connectivity index (χ0n) is 16.6. The second-order valence-electron chi connectivity index (χ2n) is 6.27. The Morgan fingerprint density at radius 3 is 2.21 bits per heavy atom. The molecule has 1 atom stereocenters. The smallest absolute Gasteiger partial charge is 0.244 e. The van der Waals surface area contributed by atoms with Gasteiger partial charge in [-0.05, 0) is 55.0 Å². The number of ether oxygens (including phenoxy) is 2. The third kappa shape index (κ3) is 6.54. The van der Waals surface area contributed by atoms with E-state index in [1.54, 1.807) is 62.6 Å². The quantitative estimate of drug-likeness (QED) is 0.574. The fourth-order valence-electron chi connectivity index (χ4n) is 2.78. The molecule has 0 aromatic heterocycles. The molecule has 9 heteroatoms. The molecule has 0 unspecified atom stereocenters. The van der Waals surface area contributed by atoms with E-state index in [1.807, 2.05) is 0 Å². The molecule has 0 aliphatic carbocycles. The molecule has 0 aliphatic rings. The van der Waals surface area contributed by atoms with Gasteiger partial charge in [0.2, 0.25) is 15.9 Å². The van der Waals surface area contributed by atoms with E-state index in [-0.39, 0.29) is 13.2 Å². The maximum absolute atomic E-state index is 12.7. The minimum Gasteiger partial charge on any atom is -0.497 e. The lowest BCUT2D eigenvalue weighted by Crippen LogP contribution is -2.50. The van der Waals surface area contributed by atoms with E-state index >= 15 is 0 Å². The van der Waals surface area contributed by atoms with E-state index in [1.165, 1.54) is 0 Å². The van der Waals surface area contributed by atoms with Crippen LogP contribution in [0.25, 0.3) is 0 Å².